The first-order chi connectivity index (χ1) is 9.26. The number of aliphatic hydroxyl groups excluding tert-OH is 1. The molecule has 1 aliphatic carbocycles. The van der Waals surface area contributed by atoms with Crippen LogP contribution in [0.4, 0.5) is 0 Å². The van der Waals surface area contributed by atoms with Crippen LogP contribution in [0.25, 0.3) is 0 Å². The fourth-order valence-electron chi connectivity index (χ4n) is 1.66. The Balaban J connectivity index is 0.000000573. The van der Waals surface area contributed by atoms with Gasteiger partial charge in [0.15, 0.2) is 5.16 Å². The lowest BCUT2D eigenvalue weighted by Gasteiger charge is -2.26. The second-order valence-electron chi connectivity index (χ2n) is 4.26. The van der Waals surface area contributed by atoms with E-state index in [-0.39, 0.29) is 6.61 Å². The van der Waals surface area contributed by atoms with Gasteiger partial charge in [-0.05, 0) is 19.1 Å². The Morgan fingerprint density at radius 2 is 1.89 bits per heavy atom. The van der Waals surface area contributed by atoms with Gasteiger partial charge in [-0.15, -0.1) is 0 Å². The summed E-state index contributed by atoms with van der Waals surface area (Å²) in [5.41, 5.74) is 1.96. The van der Waals surface area contributed by atoms with Gasteiger partial charge in [0.2, 0.25) is 0 Å². The molecule has 110 valence electrons. The molecule has 0 unspecified atom stereocenters. The summed E-state index contributed by atoms with van der Waals surface area (Å²) in [5, 5.41) is 9.97. The highest BCUT2D eigenvalue weighted by atomic mass is 32.2. The molecule has 0 spiro atoms. The van der Waals surface area contributed by atoms with Gasteiger partial charge in [0, 0.05) is 17.7 Å². The first kappa shape index (κ1) is 18.4. The van der Waals surface area contributed by atoms with E-state index in [1.807, 2.05) is 20.1 Å². The normalized spacial score (nSPS) is 13.6. The minimum absolute atomic E-state index is 0.0560. The molecule has 4 heteroatoms. The van der Waals surface area contributed by atoms with E-state index in [2.05, 4.69) is 23.8 Å². The van der Waals surface area contributed by atoms with E-state index in [9.17, 15) is 0 Å². The number of thioether (sulfide) groups is 1. The molecule has 0 bridgehead atoms. The molecule has 3 nitrogen and oxygen atoms in total. The zero-order chi connectivity index (χ0) is 14.7. The second kappa shape index (κ2) is 11.2. The van der Waals surface area contributed by atoms with E-state index in [1.54, 1.807) is 18.0 Å². The zero-order valence-electron chi connectivity index (χ0n) is 12.9. The molecule has 0 amide bonds. The van der Waals surface area contributed by atoms with Crippen molar-refractivity contribution in [2.45, 2.75) is 71.1 Å². The zero-order valence-corrected chi connectivity index (χ0v) is 13.8. The Kier molecular flexibility index (Phi) is 10.9. The van der Waals surface area contributed by atoms with E-state index in [0.717, 1.165) is 16.4 Å². The molecule has 0 saturated heterocycles. The van der Waals surface area contributed by atoms with Crippen LogP contribution in [0.3, 0.4) is 0 Å². The Labute approximate surface area is 122 Å². The number of rotatable bonds is 3. The molecule has 1 heterocycles. The molecule has 1 saturated carbocycles. The van der Waals surface area contributed by atoms with Crippen LogP contribution < -0.4 is 0 Å². The summed E-state index contributed by atoms with van der Waals surface area (Å²) in [6.45, 7) is 8.31. The quantitative estimate of drug-likeness (QED) is 0.660. The minimum Gasteiger partial charge on any atom is -0.392 e. The third-order valence-corrected chi connectivity index (χ3v) is 3.28. The molecule has 19 heavy (non-hydrogen) atoms. The SMILES string of the molecule is CC.CCC.CSc1ncc(CO)c(C2CCC2)n1. The minimum atomic E-state index is 0.0560. The van der Waals surface area contributed by atoms with Crippen LogP contribution in [0.2, 0.25) is 0 Å². The van der Waals surface area contributed by atoms with E-state index < -0.39 is 0 Å². The summed E-state index contributed by atoms with van der Waals surface area (Å²) >= 11 is 1.55. The van der Waals surface area contributed by atoms with Crippen LogP contribution in [0.1, 0.15) is 70.6 Å². The molecule has 0 aromatic carbocycles. The molecule has 1 N–H and O–H groups in total. The predicted molar refractivity (Wildman–Crippen MR) is 83.6 cm³/mol. The molecule has 1 aromatic heterocycles. The molecule has 1 aliphatic rings. The summed E-state index contributed by atoms with van der Waals surface area (Å²) in [4.78, 5) is 8.64. The maximum absolute atomic E-state index is 9.16. The first-order valence-corrected chi connectivity index (χ1v) is 8.49. The highest BCUT2D eigenvalue weighted by Crippen LogP contribution is 2.37. The largest absolute Gasteiger partial charge is 0.392 e. The Bertz CT molecular complexity index is 341. The van der Waals surface area contributed by atoms with Crippen molar-refractivity contribution in [2.75, 3.05) is 6.26 Å². The van der Waals surface area contributed by atoms with Crippen molar-refractivity contribution >= 4 is 11.8 Å². The van der Waals surface area contributed by atoms with Crippen molar-refractivity contribution in [3.63, 3.8) is 0 Å². The van der Waals surface area contributed by atoms with E-state index in [1.165, 1.54) is 25.7 Å². The van der Waals surface area contributed by atoms with Crippen molar-refractivity contribution in [1.29, 1.82) is 0 Å². The summed E-state index contributed by atoms with van der Waals surface area (Å²) in [6.07, 6.45) is 8.68. The number of aromatic nitrogens is 2. The third-order valence-electron chi connectivity index (χ3n) is 2.72. The van der Waals surface area contributed by atoms with Gasteiger partial charge in [-0.3, -0.25) is 0 Å². The van der Waals surface area contributed by atoms with Gasteiger partial charge in [-0.2, -0.15) is 0 Å². The van der Waals surface area contributed by atoms with Gasteiger partial charge < -0.3 is 5.11 Å². The Morgan fingerprint density at radius 1 is 1.32 bits per heavy atom. The van der Waals surface area contributed by atoms with Gasteiger partial charge in [0.25, 0.3) is 0 Å². The van der Waals surface area contributed by atoms with Crippen LogP contribution in [0.5, 0.6) is 0 Å². The number of hydrogen-bond acceptors (Lipinski definition) is 4. The van der Waals surface area contributed by atoms with Crippen LogP contribution in [-0.2, 0) is 6.61 Å². The van der Waals surface area contributed by atoms with Gasteiger partial charge in [-0.1, -0.05) is 52.3 Å². The van der Waals surface area contributed by atoms with E-state index in [4.69, 9.17) is 5.11 Å². The topological polar surface area (TPSA) is 46.0 Å². The lowest BCUT2D eigenvalue weighted by atomic mass is 9.81. The summed E-state index contributed by atoms with van der Waals surface area (Å²) in [6, 6.07) is 0. The monoisotopic (exact) mass is 284 g/mol. The van der Waals surface area contributed by atoms with Crippen molar-refractivity contribution in [2.24, 2.45) is 0 Å². The smallest absolute Gasteiger partial charge is 0.187 e. The standard InChI is InChI=1S/C10H14N2OS.C3H8.C2H6/c1-14-10-11-5-8(6-13)9(12-10)7-3-2-4-7;1-3-2;1-2/h5,7,13H,2-4,6H2,1H3;3H2,1-2H3;1-2H3. The molecule has 2 rings (SSSR count). The molecular formula is C15H28N2OS. The first-order valence-electron chi connectivity index (χ1n) is 7.27. The van der Waals surface area contributed by atoms with Gasteiger partial charge >= 0.3 is 0 Å². The van der Waals surface area contributed by atoms with Crippen LogP contribution in [0.15, 0.2) is 11.4 Å². The molecule has 1 fully saturated rings. The van der Waals surface area contributed by atoms with Crippen LogP contribution in [0, 0.1) is 0 Å². The number of hydrogen-bond donors (Lipinski definition) is 1. The summed E-state index contributed by atoms with van der Waals surface area (Å²) in [5.74, 6) is 0.561. The lowest BCUT2D eigenvalue weighted by molar-refractivity contribution is 0.274. The average molecular weight is 284 g/mol. The summed E-state index contributed by atoms with van der Waals surface area (Å²) in [7, 11) is 0. The lowest BCUT2D eigenvalue weighted by Crippen LogP contribution is -2.14. The summed E-state index contributed by atoms with van der Waals surface area (Å²) < 4.78 is 0. The fraction of sp³-hybridized carbons (Fsp3) is 0.733. The second-order valence-corrected chi connectivity index (χ2v) is 5.03. The molecule has 0 radical (unpaired) electrons. The third kappa shape index (κ3) is 5.91. The highest BCUT2D eigenvalue weighted by Gasteiger charge is 2.23. The molecule has 0 atom stereocenters. The molecule has 0 aliphatic heterocycles. The van der Waals surface area contributed by atoms with Crippen LogP contribution in [-0.4, -0.2) is 21.3 Å². The Morgan fingerprint density at radius 3 is 2.26 bits per heavy atom. The molecular weight excluding hydrogens is 256 g/mol. The van der Waals surface area contributed by atoms with Crippen molar-refractivity contribution in [3.05, 3.63) is 17.5 Å². The number of aliphatic hydroxyl groups is 1. The average Bonchev–Trinajstić information content (AvgIpc) is 2.40. The predicted octanol–water partition coefficient (Wildman–Crippen LogP) is 4.40. The van der Waals surface area contributed by atoms with Crippen molar-refractivity contribution < 1.29 is 5.11 Å². The number of nitrogens with zero attached hydrogens (tertiary/aromatic N) is 2. The van der Waals surface area contributed by atoms with E-state index in [0.29, 0.717) is 5.92 Å². The highest BCUT2D eigenvalue weighted by molar-refractivity contribution is 7.98. The molecule has 1 aromatic rings. The fourth-order valence-corrected chi connectivity index (χ4v) is 2.01. The maximum atomic E-state index is 9.16. The van der Waals surface area contributed by atoms with Gasteiger partial charge in [0.1, 0.15) is 0 Å². The maximum Gasteiger partial charge on any atom is 0.187 e. The Hall–Kier alpha value is -0.610. The van der Waals surface area contributed by atoms with Gasteiger partial charge in [-0.25, -0.2) is 9.97 Å². The van der Waals surface area contributed by atoms with Crippen molar-refractivity contribution in [1.82, 2.24) is 9.97 Å². The van der Waals surface area contributed by atoms with Crippen molar-refractivity contribution in [3.8, 4) is 0 Å². The van der Waals surface area contributed by atoms with Gasteiger partial charge in [0.05, 0.1) is 12.3 Å². The van der Waals surface area contributed by atoms with E-state index >= 15 is 0 Å². The van der Waals surface area contributed by atoms with Crippen LogP contribution >= 0.6 is 11.8 Å².